The molecule has 0 N–H and O–H groups in total. The SMILES string of the molecule is CC1(C=O)CCC2C(=CC=C3CC(=O)CCC32)C1. The van der Waals surface area contributed by atoms with E-state index < -0.39 is 0 Å². The molecule has 2 nitrogen and oxygen atoms in total. The number of Topliss-reactive ketones (excluding diaryl/α,β-unsaturated/α-hetero) is 1. The van der Waals surface area contributed by atoms with Gasteiger partial charge in [0.05, 0.1) is 0 Å². The molecule has 0 spiro atoms. The number of hydrogen-bond donors (Lipinski definition) is 0. The van der Waals surface area contributed by atoms with Gasteiger partial charge in [-0.05, 0) is 37.5 Å². The third-order valence-electron chi connectivity index (χ3n) is 5.00. The van der Waals surface area contributed by atoms with Crippen molar-refractivity contribution in [3.05, 3.63) is 23.3 Å². The zero-order valence-corrected chi connectivity index (χ0v) is 10.9. The fourth-order valence-electron chi connectivity index (χ4n) is 3.90. The molecule has 96 valence electrons. The highest BCUT2D eigenvalue weighted by molar-refractivity contribution is 5.82. The summed E-state index contributed by atoms with van der Waals surface area (Å²) in [4.78, 5) is 22.7. The summed E-state index contributed by atoms with van der Waals surface area (Å²) in [6.07, 6.45) is 10.9. The number of aldehydes is 1. The fourth-order valence-corrected chi connectivity index (χ4v) is 3.90. The van der Waals surface area contributed by atoms with E-state index in [1.54, 1.807) is 0 Å². The Morgan fingerprint density at radius 3 is 2.72 bits per heavy atom. The van der Waals surface area contributed by atoms with Crippen LogP contribution < -0.4 is 0 Å². The lowest BCUT2D eigenvalue weighted by Crippen LogP contribution is -2.35. The Hall–Kier alpha value is -1.18. The van der Waals surface area contributed by atoms with Gasteiger partial charge in [-0.1, -0.05) is 30.2 Å². The summed E-state index contributed by atoms with van der Waals surface area (Å²) < 4.78 is 0. The summed E-state index contributed by atoms with van der Waals surface area (Å²) >= 11 is 0. The molecule has 0 aromatic rings. The summed E-state index contributed by atoms with van der Waals surface area (Å²) in [6.45, 7) is 2.07. The van der Waals surface area contributed by atoms with E-state index in [-0.39, 0.29) is 5.41 Å². The lowest BCUT2D eigenvalue weighted by molar-refractivity contribution is -0.119. The molecule has 0 radical (unpaired) electrons. The van der Waals surface area contributed by atoms with E-state index in [9.17, 15) is 9.59 Å². The number of rotatable bonds is 1. The van der Waals surface area contributed by atoms with Crippen LogP contribution in [-0.4, -0.2) is 12.1 Å². The van der Waals surface area contributed by atoms with E-state index in [2.05, 4.69) is 19.1 Å². The number of carbonyl (C=O) groups excluding carboxylic acids is 2. The first-order valence-electron chi connectivity index (χ1n) is 6.99. The molecule has 0 aliphatic heterocycles. The lowest BCUT2D eigenvalue weighted by Gasteiger charge is -2.43. The Kier molecular flexibility index (Phi) is 2.76. The molecule has 2 fully saturated rings. The van der Waals surface area contributed by atoms with E-state index >= 15 is 0 Å². The highest BCUT2D eigenvalue weighted by atomic mass is 16.1. The van der Waals surface area contributed by atoms with E-state index in [4.69, 9.17) is 0 Å². The first-order chi connectivity index (χ1) is 8.61. The molecule has 3 aliphatic carbocycles. The molecular formula is C16H20O2. The van der Waals surface area contributed by atoms with Gasteiger partial charge in [0.25, 0.3) is 0 Å². The fraction of sp³-hybridized carbons (Fsp3) is 0.625. The van der Waals surface area contributed by atoms with Crippen molar-refractivity contribution in [2.75, 3.05) is 0 Å². The molecule has 2 saturated carbocycles. The first kappa shape index (κ1) is 11.9. The third kappa shape index (κ3) is 1.88. The number of allylic oxidation sites excluding steroid dienone is 4. The third-order valence-corrected chi connectivity index (χ3v) is 5.00. The van der Waals surface area contributed by atoms with Gasteiger partial charge in [-0.2, -0.15) is 0 Å². The maximum Gasteiger partial charge on any atom is 0.136 e. The van der Waals surface area contributed by atoms with Gasteiger partial charge in [0.15, 0.2) is 0 Å². The minimum atomic E-state index is -0.155. The van der Waals surface area contributed by atoms with E-state index in [1.807, 2.05) is 0 Å². The zero-order chi connectivity index (χ0) is 12.8. The molecule has 3 atom stereocenters. The molecule has 18 heavy (non-hydrogen) atoms. The molecule has 3 unspecified atom stereocenters. The van der Waals surface area contributed by atoms with Crippen LogP contribution >= 0.6 is 0 Å². The average Bonchev–Trinajstić information content (AvgIpc) is 2.38. The van der Waals surface area contributed by atoms with Gasteiger partial charge in [0.1, 0.15) is 12.1 Å². The minimum absolute atomic E-state index is 0.155. The first-order valence-corrected chi connectivity index (χ1v) is 6.99. The van der Waals surface area contributed by atoms with Crippen LogP contribution in [0.25, 0.3) is 0 Å². The largest absolute Gasteiger partial charge is 0.303 e. The van der Waals surface area contributed by atoms with Gasteiger partial charge in [-0.15, -0.1) is 0 Å². The van der Waals surface area contributed by atoms with Crippen molar-refractivity contribution in [1.82, 2.24) is 0 Å². The molecule has 0 saturated heterocycles. The second-order valence-corrected chi connectivity index (χ2v) is 6.44. The number of ketones is 1. The van der Waals surface area contributed by atoms with Gasteiger partial charge < -0.3 is 4.79 Å². The Morgan fingerprint density at radius 1 is 1.22 bits per heavy atom. The van der Waals surface area contributed by atoms with Crippen LogP contribution in [0.15, 0.2) is 23.3 Å². The van der Waals surface area contributed by atoms with Crippen LogP contribution in [0.4, 0.5) is 0 Å². The smallest absolute Gasteiger partial charge is 0.136 e. The van der Waals surface area contributed by atoms with E-state index in [0.717, 1.165) is 38.4 Å². The lowest BCUT2D eigenvalue weighted by atomic mass is 9.61. The van der Waals surface area contributed by atoms with Crippen LogP contribution in [-0.2, 0) is 9.59 Å². The average molecular weight is 244 g/mol. The van der Waals surface area contributed by atoms with Gasteiger partial charge >= 0.3 is 0 Å². The topological polar surface area (TPSA) is 34.1 Å². The second kappa shape index (κ2) is 4.18. The number of hydrogen-bond acceptors (Lipinski definition) is 2. The van der Waals surface area contributed by atoms with Gasteiger partial charge in [-0.25, -0.2) is 0 Å². The van der Waals surface area contributed by atoms with E-state index in [1.165, 1.54) is 11.1 Å². The molecule has 0 aromatic carbocycles. The molecule has 0 heterocycles. The highest BCUT2D eigenvalue weighted by Gasteiger charge is 2.40. The van der Waals surface area contributed by atoms with Gasteiger partial charge in [0.2, 0.25) is 0 Å². The van der Waals surface area contributed by atoms with Crippen molar-refractivity contribution < 1.29 is 9.59 Å². The summed E-state index contributed by atoms with van der Waals surface area (Å²) in [5, 5.41) is 0. The van der Waals surface area contributed by atoms with Crippen LogP contribution in [0.3, 0.4) is 0 Å². The van der Waals surface area contributed by atoms with Crippen molar-refractivity contribution in [3.8, 4) is 0 Å². The van der Waals surface area contributed by atoms with Crippen LogP contribution in [0, 0.1) is 17.3 Å². The summed E-state index contributed by atoms with van der Waals surface area (Å²) in [7, 11) is 0. The van der Waals surface area contributed by atoms with Gasteiger partial charge in [0, 0.05) is 18.3 Å². The van der Waals surface area contributed by atoms with Crippen LogP contribution in [0.5, 0.6) is 0 Å². The Bertz CT molecular complexity index is 458. The molecular weight excluding hydrogens is 224 g/mol. The van der Waals surface area contributed by atoms with Crippen molar-refractivity contribution in [1.29, 1.82) is 0 Å². The predicted molar refractivity (Wildman–Crippen MR) is 70.0 cm³/mol. The van der Waals surface area contributed by atoms with Crippen molar-refractivity contribution in [3.63, 3.8) is 0 Å². The molecule has 2 heteroatoms. The van der Waals surface area contributed by atoms with Crippen molar-refractivity contribution >= 4 is 12.1 Å². The number of carbonyl (C=O) groups is 2. The molecule has 0 amide bonds. The van der Waals surface area contributed by atoms with Crippen molar-refractivity contribution in [2.24, 2.45) is 17.3 Å². The predicted octanol–water partition coefficient (Wildman–Crippen LogP) is 3.23. The molecule has 0 bridgehead atoms. The summed E-state index contributed by atoms with van der Waals surface area (Å²) in [5.74, 6) is 1.58. The standard InChI is InChI=1S/C16H20O2/c1-16(10-17)7-6-15-12(9-16)3-2-11-8-13(18)4-5-14(11)15/h2-3,10,14-15H,4-9H2,1H3. The molecule has 3 aliphatic rings. The Labute approximate surface area is 108 Å². The summed E-state index contributed by atoms with van der Waals surface area (Å²) in [5.41, 5.74) is 2.63. The normalized spacial score (nSPS) is 39.3. The monoisotopic (exact) mass is 244 g/mol. The van der Waals surface area contributed by atoms with Gasteiger partial charge in [-0.3, -0.25) is 4.79 Å². The maximum absolute atomic E-state index is 11.5. The van der Waals surface area contributed by atoms with Crippen LogP contribution in [0.1, 0.15) is 45.4 Å². The molecule has 3 rings (SSSR count). The minimum Gasteiger partial charge on any atom is -0.303 e. The Balaban J connectivity index is 1.87. The second-order valence-electron chi connectivity index (χ2n) is 6.44. The van der Waals surface area contributed by atoms with Crippen LogP contribution in [0.2, 0.25) is 0 Å². The highest BCUT2D eigenvalue weighted by Crippen LogP contribution is 2.49. The zero-order valence-electron chi connectivity index (χ0n) is 10.9. The summed E-state index contributed by atoms with van der Waals surface area (Å²) in [6, 6.07) is 0. The maximum atomic E-state index is 11.5. The van der Waals surface area contributed by atoms with Crippen molar-refractivity contribution in [2.45, 2.75) is 45.4 Å². The van der Waals surface area contributed by atoms with E-state index in [0.29, 0.717) is 24.0 Å². The Morgan fingerprint density at radius 2 is 1.94 bits per heavy atom. The quantitative estimate of drug-likeness (QED) is 0.664. The molecule has 0 aromatic heterocycles. The number of fused-ring (bicyclic) bond motifs is 3.